The van der Waals surface area contributed by atoms with Crippen LogP contribution >= 0.6 is 0 Å². The fourth-order valence-corrected chi connectivity index (χ4v) is 11.2. The van der Waals surface area contributed by atoms with Gasteiger partial charge in [0.2, 0.25) is 0 Å². The molecule has 0 aromatic rings. The van der Waals surface area contributed by atoms with E-state index in [9.17, 15) is 49.8 Å². The van der Waals surface area contributed by atoms with E-state index in [4.69, 9.17) is 18.9 Å². The number of carbonyl (C=O) groups excluding carboxylic acids is 4. The van der Waals surface area contributed by atoms with Crippen molar-refractivity contribution >= 4 is 23.9 Å². The maximum Gasteiger partial charge on any atom is 0.451 e. The Morgan fingerprint density at radius 3 is 0.667 bits per heavy atom. The molecule has 0 bridgehead atoms. The van der Waals surface area contributed by atoms with Gasteiger partial charge in [0.05, 0.1) is 6.61 Å². The minimum atomic E-state index is -4.31. The van der Waals surface area contributed by atoms with E-state index in [1.54, 1.807) is 0 Å². The third-order valence-electron chi connectivity index (χ3n) is 16.8. The smallest absolute Gasteiger partial charge is 0.422 e. The summed E-state index contributed by atoms with van der Waals surface area (Å²) in [6.45, 7) is 7.57. The Kier molecular flexibility index (Phi) is 55.5. The third kappa shape index (κ3) is 42.5. The van der Waals surface area contributed by atoms with Crippen LogP contribution in [0.2, 0.25) is 0 Å². The van der Waals surface area contributed by atoms with Crippen molar-refractivity contribution in [2.75, 3.05) is 6.61 Å². The molecule has 14 nitrogen and oxygen atoms in total. The highest BCUT2D eigenvalue weighted by atomic mass is 16.9. The molecule has 0 aromatic heterocycles. The SMILES string of the molecule is CCCCCCCCCCCCCCCC(=O)OC(O)(OC(=O)CCCCCCCCCCCCCCC)[C@](O)(OC(=O)CCCCCCCCCCCCCCC)[C@](O)(OC(=O)CCCCCCCCCCCCCCC)[C@H](O)[C@@H](O)CO. The van der Waals surface area contributed by atoms with E-state index in [-0.39, 0.29) is 44.9 Å². The first kappa shape index (κ1) is 81.6. The van der Waals surface area contributed by atoms with Gasteiger partial charge in [-0.15, -0.1) is 0 Å². The van der Waals surface area contributed by atoms with Gasteiger partial charge in [-0.05, 0) is 25.7 Å². The van der Waals surface area contributed by atoms with Gasteiger partial charge in [0.15, 0.2) is 6.10 Å². The Bertz CT molecular complexity index is 1470. The zero-order chi connectivity index (χ0) is 62.1. The van der Waals surface area contributed by atoms with Crippen LogP contribution in [-0.4, -0.2) is 90.9 Å². The first-order valence-corrected chi connectivity index (χ1v) is 35.7. The molecule has 0 aliphatic rings. The first-order chi connectivity index (χ1) is 40.7. The van der Waals surface area contributed by atoms with E-state index in [1.165, 1.54) is 173 Å². The molecule has 0 spiro atoms. The second-order valence-corrected chi connectivity index (χ2v) is 25.0. The molecule has 0 amide bonds. The van der Waals surface area contributed by atoms with Gasteiger partial charge >= 0.3 is 41.4 Å². The van der Waals surface area contributed by atoms with E-state index >= 15 is 0 Å². The van der Waals surface area contributed by atoms with Crippen LogP contribution in [0.5, 0.6) is 0 Å². The topological polar surface area (TPSA) is 227 Å². The maximum atomic E-state index is 14.0. The summed E-state index contributed by atoms with van der Waals surface area (Å²) in [6, 6.07) is 0. The number of rotatable bonds is 65. The van der Waals surface area contributed by atoms with Crippen LogP contribution in [-0.2, 0) is 38.1 Å². The lowest BCUT2D eigenvalue weighted by Crippen LogP contribution is -2.78. The van der Waals surface area contributed by atoms with Crippen LogP contribution in [0.15, 0.2) is 0 Å². The molecular formula is C70H134O14. The number of carbonyl (C=O) groups is 4. The van der Waals surface area contributed by atoms with Crippen molar-refractivity contribution in [2.45, 2.75) is 417 Å². The fourth-order valence-electron chi connectivity index (χ4n) is 11.2. The van der Waals surface area contributed by atoms with E-state index in [2.05, 4.69) is 27.7 Å². The summed E-state index contributed by atoms with van der Waals surface area (Å²) in [5, 5.41) is 70.5. The lowest BCUT2D eigenvalue weighted by molar-refractivity contribution is -0.513. The summed E-state index contributed by atoms with van der Waals surface area (Å²) >= 11 is 0. The largest absolute Gasteiger partial charge is 0.451 e. The molecular weight excluding hydrogens is 1060 g/mol. The van der Waals surface area contributed by atoms with Gasteiger partial charge in [-0.3, -0.25) is 19.2 Å². The molecule has 0 aliphatic carbocycles. The number of hydrogen-bond acceptors (Lipinski definition) is 14. The van der Waals surface area contributed by atoms with Crippen molar-refractivity contribution in [3.63, 3.8) is 0 Å². The van der Waals surface area contributed by atoms with Crippen molar-refractivity contribution in [1.82, 2.24) is 0 Å². The summed E-state index contributed by atoms with van der Waals surface area (Å²) in [6.07, 6.45) is 46.8. The molecule has 0 fully saturated rings. The van der Waals surface area contributed by atoms with E-state index in [1.807, 2.05) is 0 Å². The number of unbranched alkanes of at least 4 members (excludes halogenated alkanes) is 48. The summed E-state index contributed by atoms with van der Waals surface area (Å²) < 4.78 is 21.8. The van der Waals surface area contributed by atoms with E-state index in [0.717, 1.165) is 109 Å². The minimum absolute atomic E-state index is 0.224. The number of aliphatic hydroxyl groups is 6. The predicted octanol–water partition coefficient (Wildman–Crippen LogP) is 17.8. The lowest BCUT2D eigenvalue weighted by atomic mass is 9.92. The Labute approximate surface area is 514 Å². The highest BCUT2D eigenvalue weighted by molar-refractivity contribution is 5.74. The highest BCUT2D eigenvalue weighted by Crippen LogP contribution is 2.42. The molecule has 84 heavy (non-hydrogen) atoms. The van der Waals surface area contributed by atoms with Gasteiger partial charge in [-0.25, -0.2) is 0 Å². The van der Waals surface area contributed by atoms with Gasteiger partial charge in [-0.1, -0.05) is 336 Å². The van der Waals surface area contributed by atoms with Crippen molar-refractivity contribution in [3.05, 3.63) is 0 Å². The summed E-state index contributed by atoms with van der Waals surface area (Å²) in [5.41, 5.74) is 0. The third-order valence-corrected chi connectivity index (χ3v) is 16.8. The summed E-state index contributed by atoms with van der Waals surface area (Å²) in [5.74, 6) is -17.6. The van der Waals surface area contributed by atoms with Gasteiger partial charge in [0.1, 0.15) is 6.10 Å². The molecule has 0 heterocycles. The number of ether oxygens (including phenoxy) is 4. The monoisotopic (exact) mass is 1200 g/mol. The van der Waals surface area contributed by atoms with Gasteiger partial charge in [-0.2, -0.15) is 0 Å². The fraction of sp³-hybridized carbons (Fsp3) is 0.943. The second kappa shape index (κ2) is 57.1. The quantitative estimate of drug-likeness (QED) is 0.0144. The second-order valence-electron chi connectivity index (χ2n) is 25.0. The standard InChI is InChI=1S/C70H134O14/c1-5-9-13-17-21-25-29-33-37-41-45-49-53-57-63(73)81-68(78,67(77)62(72)61-71)69(79,82-64(74)58-54-50-46-42-38-34-30-26-22-18-14-10-6-2)70(80,83-65(75)59-55-51-47-43-39-35-31-27-23-19-15-11-7-3)84-66(76)60-56-52-48-44-40-36-32-28-24-20-16-12-8-4/h62,67,71-72,77-80H,5-61H2,1-4H3/t62-,67+,68+,69+/m0/s1. The normalized spacial score (nSPS) is 14.0. The van der Waals surface area contributed by atoms with Gasteiger partial charge < -0.3 is 49.6 Å². The Hall–Kier alpha value is -2.36. The number of hydrogen-bond donors (Lipinski definition) is 6. The molecule has 498 valence electrons. The van der Waals surface area contributed by atoms with Crippen molar-refractivity contribution < 1.29 is 68.8 Å². The molecule has 0 saturated carbocycles. The molecule has 0 rings (SSSR count). The van der Waals surface area contributed by atoms with Crippen LogP contribution in [0.3, 0.4) is 0 Å². The van der Waals surface area contributed by atoms with Crippen LogP contribution in [0.4, 0.5) is 0 Å². The lowest BCUT2D eigenvalue weighted by Gasteiger charge is -2.48. The Balaban J connectivity index is 6.48. The zero-order valence-corrected chi connectivity index (χ0v) is 54.9. The maximum absolute atomic E-state index is 14.0. The van der Waals surface area contributed by atoms with Crippen molar-refractivity contribution in [1.29, 1.82) is 0 Å². The summed E-state index contributed by atoms with van der Waals surface area (Å²) in [7, 11) is 0. The predicted molar refractivity (Wildman–Crippen MR) is 340 cm³/mol. The van der Waals surface area contributed by atoms with Crippen molar-refractivity contribution in [3.8, 4) is 0 Å². The number of aliphatic hydroxyl groups excluding tert-OH is 3. The van der Waals surface area contributed by atoms with Gasteiger partial charge in [0.25, 0.3) is 0 Å². The molecule has 6 N–H and O–H groups in total. The average Bonchev–Trinajstić information content (AvgIpc) is 0.813. The van der Waals surface area contributed by atoms with Crippen LogP contribution in [0.1, 0.15) is 387 Å². The molecule has 0 saturated heterocycles. The molecule has 0 radical (unpaired) electrons. The van der Waals surface area contributed by atoms with Crippen LogP contribution < -0.4 is 0 Å². The van der Waals surface area contributed by atoms with Crippen molar-refractivity contribution in [2.24, 2.45) is 0 Å². The molecule has 4 atom stereocenters. The van der Waals surface area contributed by atoms with Gasteiger partial charge in [0, 0.05) is 25.7 Å². The minimum Gasteiger partial charge on any atom is -0.422 e. The summed E-state index contributed by atoms with van der Waals surface area (Å²) in [4.78, 5) is 55.5. The Morgan fingerprint density at radius 2 is 0.464 bits per heavy atom. The molecule has 0 aliphatic heterocycles. The van der Waals surface area contributed by atoms with Crippen LogP contribution in [0, 0.1) is 0 Å². The first-order valence-electron chi connectivity index (χ1n) is 35.7. The van der Waals surface area contributed by atoms with E-state index in [0.29, 0.717) is 25.7 Å². The van der Waals surface area contributed by atoms with Crippen LogP contribution in [0.25, 0.3) is 0 Å². The Morgan fingerprint density at radius 1 is 0.286 bits per heavy atom. The molecule has 0 aromatic carbocycles. The molecule has 0 unspecified atom stereocenters. The average molecular weight is 1200 g/mol. The molecule has 14 heteroatoms. The zero-order valence-electron chi connectivity index (χ0n) is 54.9. The van der Waals surface area contributed by atoms with E-state index < -0.39 is 66.7 Å². The number of esters is 4. The highest BCUT2D eigenvalue weighted by Gasteiger charge is 2.77.